The van der Waals surface area contributed by atoms with Crippen molar-refractivity contribution >= 4 is 27.6 Å². The minimum absolute atomic E-state index is 0.159. The zero-order valence-electron chi connectivity index (χ0n) is 18.1. The van der Waals surface area contributed by atoms with Gasteiger partial charge in [-0.2, -0.15) is 9.40 Å². The van der Waals surface area contributed by atoms with Crippen molar-refractivity contribution < 1.29 is 27.2 Å². The number of carbonyl (C=O) groups is 2. The molecular weight excluding hydrogens is 424 g/mol. The van der Waals surface area contributed by atoms with Crippen LogP contribution in [0.2, 0.25) is 0 Å². The largest absolute Gasteiger partial charge is 0.460 e. The van der Waals surface area contributed by atoms with Crippen LogP contribution >= 0.6 is 0 Å². The Balaban J connectivity index is 1.59. The van der Waals surface area contributed by atoms with E-state index in [1.54, 1.807) is 24.0 Å². The summed E-state index contributed by atoms with van der Waals surface area (Å²) in [4.78, 5) is 24.3. The average Bonchev–Trinajstić information content (AvgIpc) is 3.38. The molecule has 0 aliphatic carbocycles. The molecule has 0 bridgehead atoms. The molecule has 3 rings (SSSR count). The fraction of sp³-hybridized carbons (Fsp3) is 0.550. The standard InChI is InChI=1S/C20H28N4O6S/c1-5-29-19(26)16-6-7-17(30-16)31(27,28)23-10-8-14(9-11-23)18(25)22-15-12-21-24(13-15)20(2,3)4/h6-7,12-14H,5,8-11H2,1-4H3,(H,22,25). The smallest absolute Gasteiger partial charge is 0.374 e. The van der Waals surface area contributed by atoms with E-state index in [-0.39, 0.29) is 47.9 Å². The van der Waals surface area contributed by atoms with Crippen molar-refractivity contribution in [3.63, 3.8) is 0 Å². The molecule has 0 saturated carbocycles. The van der Waals surface area contributed by atoms with Crippen molar-refractivity contribution in [3.05, 3.63) is 30.3 Å². The lowest BCUT2D eigenvalue weighted by molar-refractivity contribution is -0.120. The number of esters is 1. The van der Waals surface area contributed by atoms with Crippen molar-refractivity contribution in [1.82, 2.24) is 14.1 Å². The number of carbonyl (C=O) groups excluding carboxylic acids is 2. The Morgan fingerprint density at radius 1 is 1.26 bits per heavy atom. The molecule has 1 amide bonds. The first-order valence-electron chi connectivity index (χ1n) is 10.2. The van der Waals surface area contributed by atoms with Crippen LogP contribution in [-0.4, -0.2) is 54.1 Å². The average molecular weight is 453 g/mol. The highest BCUT2D eigenvalue weighted by atomic mass is 32.2. The zero-order chi connectivity index (χ0) is 22.8. The van der Waals surface area contributed by atoms with Crippen LogP contribution in [0.3, 0.4) is 0 Å². The molecule has 2 aromatic heterocycles. The number of anilines is 1. The van der Waals surface area contributed by atoms with Crippen LogP contribution in [0.25, 0.3) is 0 Å². The Morgan fingerprint density at radius 2 is 1.94 bits per heavy atom. The highest BCUT2D eigenvalue weighted by Gasteiger charge is 2.34. The molecule has 0 aromatic carbocycles. The van der Waals surface area contributed by atoms with Gasteiger partial charge in [0, 0.05) is 25.2 Å². The molecule has 1 saturated heterocycles. The molecule has 1 N–H and O–H groups in total. The minimum Gasteiger partial charge on any atom is -0.460 e. The van der Waals surface area contributed by atoms with Crippen LogP contribution in [0.15, 0.2) is 34.0 Å². The first-order valence-corrected chi connectivity index (χ1v) is 11.6. The summed E-state index contributed by atoms with van der Waals surface area (Å²) >= 11 is 0. The molecule has 2 aromatic rings. The number of nitrogens with one attached hydrogen (secondary N) is 1. The molecule has 11 heteroatoms. The summed E-state index contributed by atoms with van der Waals surface area (Å²) in [5.41, 5.74) is 0.416. The van der Waals surface area contributed by atoms with Crippen molar-refractivity contribution in [2.45, 2.75) is 51.2 Å². The summed E-state index contributed by atoms with van der Waals surface area (Å²) in [6, 6.07) is 2.52. The summed E-state index contributed by atoms with van der Waals surface area (Å²) in [5.74, 6) is -1.34. The van der Waals surface area contributed by atoms with Crippen LogP contribution in [0.4, 0.5) is 5.69 Å². The summed E-state index contributed by atoms with van der Waals surface area (Å²) in [5, 5.41) is 6.81. The van der Waals surface area contributed by atoms with E-state index in [0.717, 1.165) is 0 Å². The fourth-order valence-electron chi connectivity index (χ4n) is 3.25. The van der Waals surface area contributed by atoms with Crippen LogP contribution in [0.1, 0.15) is 51.1 Å². The van der Waals surface area contributed by atoms with Crippen LogP contribution in [-0.2, 0) is 25.1 Å². The predicted molar refractivity (Wildman–Crippen MR) is 112 cm³/mol. The molecule has 1 fully saturated rings. The molecule has 1 aliphatic heterocycles. The topological polar surface area (TPSA) is 124 Å². The second-order valence-corrected chi connectivity index (χ2v) is 10.2. The van der Waals surface area contributed by atoms with Gasteiger partial charge in [-0.05, 0) is 52.7 Å². The number of amides is 1. The van der Waals surface area contributed by atoms with E-state index in [1.165, 1.54) is 16.4 Å². The number of rotatable bonds is 6. The van der Waals surface area contributed by atoms with Gasteiger partial charge >= 0.3 is 5.97 Å². The van der Waals surface area contributed by atoms with E-state index >= 15 is 0 Å². The lowest BCUT2D eigenvalue weighted by Crippen LogP contribution is -2.41. The Kier molecular flexibility index (Phi) is 6.56. The molecule has 0 unspecified atom stereocenters. The van der Waals surface area contributed by atoms with E-state index in [1.807, 2.05) is 20.8 Å². The van der Waals surface area contributed by atoms with Gasteiger partial charge in [0.25, 0.3) is 10.0 Å². The van der Waals surface area contributed by atoms with Gasteiger partial charge in [0.1, 0.15) is 0 Å². The van der Waals surface area contributed by atoms with Gasteiger partial charge in [-0.25, -0.2) is 13.2 Å². The molecule has 170 valence electrons. The van der Waals surface area contributed by atoms with Crippen molar-refractivity contribution in [2.75, 3.05) is 25.0 Å². The summed E-state index contributed by atoms with van der Waals surface area (Å²) in [6.07, 6.45) is 4.13. The molecule has 1 aliphatic rings. The van der Waals surface area contributed by atoms with Gasteiger partial charge in [-0.3, -0.25) is 9.48 Å². The number of sulfonamides is 1. The highest BCUT2D eigenvalue weighted by Crippen LogP contribution is 2.26. The first-order chi connectivity index (χ1) is 14.5. The van der Waals surface area contributed by atoms with E-state index in [2.05, 4.69) is 10.4 Å². The molecule has 31 heavy (non-hydrogen) atoms. The third-order valence-corrected chi connectivity index (χ3v) is 6.79. The van der Waals surface area contributed by atoms with Crippen molar-refractivity contribution in [2.24, 2.45) is 5.92 Å². The van der Waals surface area contributed by atoms with Gasteiger partial charge in [0.05, 0.1) is 24.0 Å². The number of hydrogen-bond acceptors (Lipinski definition) is 7. The normalized spacial score (nSPS) is 16.3. The summed E-state index contributed by atoms with van der Waals surface area (Å²) in [7, 11) is -3.90. The van der Waals surface area contributed by atoms with Gasteiger partial charge in [0.15, 0.2) is 0 Å². The maximum atomic E-state index is 12.8. The molecule has 3 heterocycles. The molecule has 10 nitrogen and oxygen atoms in total. The van der Waals surface area contributed by atoms with Crippen molar-refractivity contribution in [3.8, 4) is 0 Å². The van der Waals surface area contributed by atoms with E-state index in [4.69, 9.17) is 9.15 Å². The monoisotopic (exact) mass is 452 g/mol. The molecular formula is C20H28N4O6S. The summed E-state index contributed by atoms with van der Waals surface area (Å²) in [6.45, 7) is 8.20. The number of piperidine rings is 1. The van der Waals surface area contributed by atoms with Gasteiger partial charge < -0.3 is 14.5 Å². The second-order valence-electron chi connectivity index (χ2n) is 8.35. The number of hydrogen-bond donors (Lipinski definition) is 1. The predicted octanol–water partition coefficient (Wildman–Crippen LogP) is 2.45. The second kappa shape index (κ2) is 8.83. The maximum Gasteiger partial charge on any atom is 0.374 e. The van der Waals surface area contributed by atoms with E-state index in [9.17, 15) is 18.0 Å². The van der Waals surface area contributed by atoms with E-state index in [0.29, 0.717) is 18.5 Å². The third kappa shape index (κ3) is 5.16. The molecule has 0 radical (unpaired) electrons. The lowest BCUT2D eigenvalue weighted by atomic mass is 9.97. The molecule has 0 spiro atoms. The fourth-order valence-corrected chi connectivity index (χ4v) is 4.64. The Bertz CT molecular complexity index is 1040. The SMILES string of the molecule is CCOC(=O)c1ccc(S(=O)(=O)N2CCC(C(=O)Nc3cnn(C(C)(C)C)c3)CC2)o1. The first kappa shape index (κ1) is 23.0. The van der Waals surface area contributed by atoms with Crippen LogP contribution < -0.4 is 5.32 Å². The zero-order valence-corrected chi connectivity index (χ0v) is 18.9. The van der Waals surface area contributed by atoms with E-state index < -0.39 is 16.0 Å². The number of nitrogens with zero attached hydrogens (tertiary/aromatic N) is 3. The maximum absolute atomic E-state index is 12.8. The van der Waals surface area contributed by atoms with Crippen LogP contribution in [0.5, 0.6) is 0 Å². The van der Waals surface area contributed by atoms with Gasteiger partial charge in [0.2, 0.25) is 16.8 Å². The highest BCUT2D eigenvalue weighted by molar-refractivity contribution is 7.89. The number of ether oxygens (including phenoxy) is 1. The minimum atomic E-state index is -3.90. The van der Waals surface area contributed by atoms with Crippen molar-refractivity contribution in [1.29, 1.82) is 0 Å². The van der Waals surface area contributed by atoms with Crippen LogP contribution in [0, 0.1) is 5.92 Å². The lowest BCUT2D eigenvalue weighted by Gasteiger charge is -2.29. The Hall–Kier alpha value is -2.66. The quantitative estimate of drug-likeness (QED) is 0.668. The molecule has 0 atom stereocenters. The Morgan fingerprint density at radius 3 is 2.52 bits per heavy atom. The Labute approximate surface area is 181 Å². The van der Waals surface area contributed by atoms with Gasteiger partial charge in [-0.15, -0.1) is 0 Å². The summed E-state index contributed by atoms with van der Waals surface area (Å²) < 4.78 is 38.7. The number of aromatic nitrogens is 2. The van der Waals surface area contributed by atoms with Gasteiger partial charge in [-0.1, -0.05) is 0 Å². The third-order valence-electron chi connectivity index (χ3n) is 5.01. The number of furan rings is 1.